The molecule has 0 spiro atoms. The van der Waals surface area contributed by atoms with Crippen LogP contribution in [0.1, 0.15) is 25.7 Å². The summed E-state index contributed by atoms with van der Waals surface area (Å²) in [5.74, 6) is 0. The van der Waals surface area contributed by atoms with Gasteiger partial charge in [-0.3, -0.25) is 0 Å². The zero-order valence-corrected chi connectivity index (χ0v) is 8.60. The highest BCUT2D eigenvalue weighted by Crippen LogP contribution is 2.28. The molecule has 15 heavy (non-hydrogen) atoms. The first-order valence-corrected chi connectivity index (χ1v) is 5.60. The maximum atomic E-state index is 5.77. The molecule has 2 aliphatic heterocycles. The fourth-order valence-electron chi connectivity index (χ4n) is 2.60. The van der Waals surface area contributed by atoms with Gasteiger partial charge in [0.2, 0.25) is 0 Å². The van der Waals surface area contributed by atoms with Crippen molar-refractivity contribution >= 4 is 0 Å². The number of hydrogen-bond donors (Lipinski definition) is 1. The second-order valence-electron chi connectivity index (χ2n) is 4.38. The Bertz CT molecular complexity index is 318. The highest BCUT2D eigenvalue weighted by atomic mass is 16.5. The Hall–Kier alpha value is -1.16. The van der Waals surface area contributed by atoms with E-state index < -0.39 is 0 Å². The molecule has 0 aliphatic carbocycles. The molecule has 0 radical (unpaired) electrons. The van der Waals surface area contributed by atoms with Gasteiger partial charge in [0.05, 0.1) is 0 Å². The van der Waals surface area contributed by atoms with E-state index in [1.54, 1.807) is 18.5 Å². The largest absolute Gasteiger partial charge is 0.460 e. The zero-order chi connectivity index (χ0) is 10.1. The summed E-state index contributed by atoms with van der Waals surface area (Å²) < 4.78 is 5.77. The van der Waals surface area contributed by atoms with Gasteiger partial charge in [0.25, 0.3) is 0 Å². The molecule has 2 saturated heterocycles. The predicted octanol–water partition coefficient (Wildman–Crippen LogP) is 1.14. The summed E-state index contributed by atoms with van der Waals surface area (Å²) in [6.45, 7) is 0. The smallest absolute Gasteiger partial charge is 0.316 e. The molecule has 0 unspecified atom stereocenters. The second kappa shape index (κ2) is 3.77. The fraction of sp³-hybridized carbons (Fsp3) is 0.636. The van der Waals surface area contributed by atoms with Crippen LogP contribution in [0.5, 0.6) is 6.01 Å². The number of aromatic nitrogens is 2. The lowest BCUT2D eigenvalue weighted by Gasteiger charge is -2.28. The molecule has 1 aromatic rings. The number of hydrogen-bond acceptors (Lipinski definition) is 4. The van der Waals surface area contributed by atoms with Gasteiger partial charge >= 0.3 is 6.01 Å². The molecule has 3 heterocycles. The minimum atomic E-state index is 0.297. The lowest BCUT2D eigenvalue weighted by Crippen LogP contribution is -2.42. The maximum absolute atomic E-state index is 5.77. The Balaban J connectivity index is 1.65. The second-order valence-corrected chi connectivity index (χ2v) is 4.38. The molecule has 3 rings (SSSR count). The molecule has 2 fully saturated rings. The molecule has 0 amide bonds. The van der Waals surface area contributed by atoms with Crippen molar-refractivity contribution in [1.29, 1.82) is 0 Å². The molecule has 0 saturated carbocycles. The summed E-state index contributed by atoms with van der Waals surface area (Å²) in [7, 11) is 0. The van der Waals surface area contributed by atoms with Gasteiger partial charge in [-0.2, -0.15) is 0 Å². The topological polar surface area (TPSA) is 47.0 Å². The van der Waals surface area contributed by atoms with Crippen LogP contribution in [0, 0.1) is 0 Å². The molecule has 3 atom stereocenters. The SMILES string of the molecule is c1cnc(O[C@H]2C[C@H]3CC[C@@H](C2)N3)nc1. The number of fused-ring (bicyclic) bond motifs is 2. The molecule has 1 N–H and O–H groups in total. The molecule has 1 aromatic heterocycles. The maximum Gasteiger partial charge on any atom is 0.316 e. The van der Waals surface area contributed by atoms with E-state index in [1.165, 1.54) is 12.8 Å². The van der Waals surface area contributed by atoms with Crippen molar-refractivity contribution in [3.05, 3.63) is 18.5 Å². The van der Waals surface area contributed by atoms with Crippen molar-refractivity contribution in [2.75, 3.05) is 0 Å². The Morgan fingerprint density at radius 1 is 1.13 bits per heavy atom. The summed E-state index contributed by atoms with van der Waals surface area (Å²) >= 11 is 0. The van der Waals surface area contributed by atoms with Crippen molar-refractivity contribution < 1.29 is 4.74 Å². The summed E-state index contributed by atoms with van der Waals surface area (Å²) in [4.78, 5) is 8.18. The van der Waals surface area contributed by atoms with Gasteiger partial charge in [-0.05, 0) is 31.7 Å². The van der Waals surface area contributed by atoms with Gasteiger partial charge < -0.3 is 10.1 Å². The summed E-state index contributed by atoms with van der Waals surface area (Å²) in [5.41, 5.74) is 0. The highest BCUT2D eigenvalue weighted by molar-refractivity contribution is 4.98. The molecule has 2 bridgehead atoms. The van der Waals surface area contributed by atoms with E-state index in [-0.39, 0.29) is 0 Å². The van der Waals surface area contributed by atoms with Crippen LogP contribution in [-0.2, 0) is 0 Å². The van der Waals surface area contributed by atoms with Gasteiger partial charge in [0, 0.05) is 24.5 Å². The van der Waals surface area contributed by atoms with Crippen LogP contribution in [0.2, 0.25) is 0 Å². The van der Waals surface area contributed by atoms with E-state index in [1.807, 2.05) is 0 Å². The van der Waals surface area contributed by atoms with Crippen molar-refractivity contribution in [3.8, 4) is 6.01 Å². The van der Waals surface area contributed by atoms with Crippen LogP contribution in [0.25, 0.3) is 0 Å². The van der Waals surface area contributed by atoms with Gasteiger partial charge in [0.1, 0.15) is 6.10 Å². The van der Waals surface area contributed by atoms with Crippen molar-refractivity contribution in [2.24, 2.45) is 0 Å². The third kappa shape index (κ3) is 1.95. The van der Waals surface area contributed by atoms with E-state index in [0.717, 1.165) is 12.8 Å². The Morgan fingerprint density at radius 3 is 2.47 bits per heavy atom. The molecule has 2 aliphatic rings. The van der Waals surface area contributed by atoms with Crippen LogP contribution >= 0.6 is 0 Å². The van der Waals surface area contributed by atoms with Crippen LogP contribution in [0.4, 0.5) is 0 Å². The van der Waals surface area contributed by atoms with E-state index in [4.69, 9.17) is 4.74 Å². The van der Waals surface area contributed by atoms with Crippen LogP contribution < -0.4 is 10.1 Å². The lowest BCUT2D eigenvalue weighted by atomic mass is 10.0. The normalized spacial score (nSPS) is 34.0. The fourth-order valence-corrected chi connectivity index (χ4v) is 2.60. The summed E-state index contributed by atoms with van der Waals surface area (Å²) in [5, 5.41) is 3.59. The van der Waals surface area contributed by atoms with Crippen molar-refractivity contribution in [1.82, 2.24) is 15.3 Å². The summed E-state index contributed by atoms with van der Waals surface area (Å²) in [6, 6.07) is 3.62. The molecule has 80 valence electrons. The number of nitrogens with zero attached hydrogens (tertiary/aromatic N) is 2. The average molecular weight is 205 g/mol. The minimum Gasteiger partial charge on any atom is -0.460 e. The van der Waals surface area contributed by atoms with Gasteiger partial charge in [-0.25, -0.2) is 9.97 Å². The van der Waals surface area contributed by atoms with Gasteiger partial charge in [-0.15, -0.1) is 0 Å². The van der Waals surface area contributed by atoms with Crippen molar-refractivity contribution in [2.45, 2.75) is 43.9 Å². The first kappa shape index (κ1) is 9.09. The zero-order valence-electron chi connectivity index (χ0n) is 8.60. The third-order valence-corrected chi connectivity index (χ3v) is 3.24. The Labute approximate surface area is 89.1 Å². The molecular weight excluding hydrogens is 190 g/mol. The standard InChI is InChI=1S/C11H15N3O/c1-4-12-11(13-5-1)15-10-6-8-2-3-9(7-10)14-8/h1,4-5,8-10,14H,2-3,6-7H2/t8-,9+,10+. The molecule has 4 nitrogen and oxygen atoms in total. The molecular formula is C11H15N3O. The van der Waals surface area contributed by atoms with E-state index in [9.17, 15) is 0 Å². The van der Waals surface area contributed by atoms with E-state index in [0.29, 0.717) is 24.2 Å². The number of piperidine rings is 1. The van der Waals surface area contributed by atoms with E-state index >= 15 is 0 Å². The number of ether oxygens (including phenoxy) is 1. The van der Waals surface area contributed by atoms with Gasteiger partial charge in [-0.1, -0.05) is 0 Å². The third-order valence-electron chi connectivity index (χ3n) is 3.24. The molecule has 4 heteroatoms. The van der Waals surface area contributed by atoms with Crippen LogP contribution in [0.15, 0.2) is 18.5 Å². The average Bonchev–Trinajstić information content (AvgIpc) is 2.60. The summed E-state index contributed by atoms with van der Waals surface area (Å²) in [6.07, 6.45) is 8.51. The van der Waals surface area contributed by atoms with Crippen LogP contribution in [-0.4, -0.2) is 28.2 Å². The number of rotatable bonds is 2. The van der Waals surface area contributed by atoms with Crippen molar-refractivity contribution in [3.63, 3.8) is 0 Å². The van der Waals surface area contributed by atoms with Gasteiger partial charge in [0.15, 0.2) is 0 Å². The monoisotopic (exact) mass is 205 g/mol. The Kier molecular flexibility index (Phi) is 2.29. The minimum absolute atomic E-state index is 0.297. The first-order valence-electron chi connectivity index (χ1n) is 5.60. The molecule has 0 aromatic carbocycles. The highest BCUT2D eigenvalue weighted by Gasteiger charge is 2.34. The first-order chi connectivity index (χ1) is 7.40. The van der Waals surface area contributed by atoms with Crippen LogP contribution in [0.3, 0.4) is 0 Å². The predicted molar refractivity (Wildman–Crippen MR) is 55.6 cm³/mol. The quantitative estimate of drug-likeness (QED) is 0.786. The van der Waals surface area contributed by atoms with E-state index in [2.05, 4.69) is 15.3 Å². The lowest BCUT2D eigenvalue weighted by molar-refractivity contribution is 0.126. The Morgan fingerprint density at radius 2 is 1.80 bits per heavy atom. The number of nitrogens with one attached hydrogen (secondary N) is 1.